The lowest BCUT2D eigenvalue weighted by Gasteiger charge is -2.34. The van der Waals surface area contributed by atoms with Crippen LogP contribution >= 0.6 is 0 Å². The number of para-hydroxylation sites is 1. The Morgan fingerprint density at radius 2 is 1.89 bits per heavy atom. The molecule has 6 heteroatoms. The van der Waals surface area contributed by atoms with E-state index in [1.54, 1.807) is 6.20 Å². The van der Waals surface area contributed by atoms with Crippen LogP contribution in [0.4, 0.5) is 5.82 Å². The maximum Gasteiger partial charge on any atom is 0.307 e. The Labute approximate surface area is 209 Å². The third kappa shape index (κ3) is 3.88. The van der Waals surface area contributed by atoms with Crippen molar-refractivity contribution in [3.63, 3.8) is 0 Å². The molecule has 0 amide bonds. The van der Waals surface area contributed by atoms with Crippen LogP contribution in [0.25, 0.3) is 21.9 Å². The zero-order chi connectivity index (χ0) is 24.7. The van der Waals surface area contributed by atoms with E-state index in [0.717, 1.165) is 54.4 Å². The summed E-state index contributed by atoms with van der Waals surface area (Å²) in [6.45, 7) is 1.47. The van der Waals surface area contributed by atoms with Crippen LogP contribution in [0.2, 0.25) is 0 Å². The second-order valence-electron chi connectivity index (χ2n) is 9.78. The van der Waals surface area contributed by atoms with Crippen molar-refractivity contribution in [2.75, 3.05) is 18.9 Å². The van der Waals surface area contributed by atoms with E-state index in [1.165, 1.54) is 11.1 Å². The molecule has 1 aromatic heterocycles. The first-order valence-electron chi connectivity index (χ1n) is 12.4. The standard InChI is InChI=1S/C30H28N2O4/c31-29-23-6-3-5-21(22(23)10-13-32-29)19-8-9-25-24(16-19)27(18-30(25)11-14-35-15-12-30)36-26-7-2-1-4-20(26)17-28(33)34/h1-10,13,16,27H,11-12,14-15,17-18H2,(H2,31,32)(H,33,34). The molecule has 1 fully saturated rings. The maximum atomic E-state index is 11.4. The second kappa shape index (κ2) is 8.95. The van der Waals surface area contributed by atoms with Crippen LogP contribution in [0.3, 0.4) is 0 Å². The number of nitrogens with zero attached hydrogens (tertiary/aromatic N) is 1. The zero-order valence-electron chi connectivity index (χ0n) is 19.9. The van der Waals surface area contributed by atoms with Crippen LogP contribution in [0, 0.1) is 0 Å². The molecule has 1 unspecified atom stereocenters. The molecule has 1 spiro atoms. The number of hydrogen-bond acceptors (Lipinski definition) is 5. The lowest BCUT2D eigenvalue weighted by atomic mass is 9.75. The molecule has 0 saturated carbocycles. The van der Waals surface area contributed by atoms with Crippen LogP contribution in [0.15, 0.2) is 72.9 Å². The summed E-state index contributed by atoms with van der Waals surface area (Å²) >= 11 is 0. The van der Waals surface area contributed by atoms with Gasteiger partial charge in [0.1, 0.15) is 17.7 Å². The van der Waals surface area contributed by atoms with Crippen LogP contribution < -0.4 is 10.5 Å². The Morgan fingerprint density at radius 3 is 2.72 bits per heavy atom. The SMILES string of the molecule is Nc1nccc2c(-c3ccc4c(c3)C(Oc3ccccc3CC(=O)O)CC43CCOCC3)cccc12. The third-order valence-electron chi connectivity index (χ3n) is 7.73. The Balaban J connectivity index is 1.45. The third-order valence-corrected chi connectivity index (χ3v) is 7.73. The average molecular weight is 481 g/mol. The number of rotatable bonds is 5. The summed E-state index contributed by atoms with van der Waals surface area (Å²) in [7, 11) is 0. The van der Waals surface area contributed by atoms with Gasteiger partial charge >= 0.3 is 5.97 Å². The summed E-state index contributed by atoms with van der Waals surface area (Å²) in [6.07, 6.45) is 4.26. The van der Waals surface area contributed by atoms with E-state index in [9.17, 15) is 9.90 Å². The molecule has 2 aliphatic rings. The molecule has 182 valence electrons. The molecular formula is C30H28N2O4. The number of benzene rings is 3. The first-order chi connectivity index (χ1) is 17.5. The summed E-state index contributed by atoms with van der Waals surface area (Å²) in [4.78, 5) is 15.7. The number of aliphatic carboxylic acids is 1. The number of nitrogens with two attached hydrogens (primary N) is 1. The predicted molar refractivity (Wildman–Crippen MR) is 139 cm³/mol. The maximum absolute atomic E-state index is 11.4. The van der Waals surface area contributed by atoms with Crippen molar-refractivity contribution in [2.45, 2.75) is 37.2 Å². The van der Waals surface area contributed by atoms with Crippen molar-refractivity contribution in [2.24, 2.45) is 0 Å². The molecule has 1 atom stereocenters. The second-order valence-corrected chi connectivity index (χ2v) is 9.78. The summed E-state index contributed by atoms with van der Waals surface area (Å²) in [5.74, 6) is 0.285. The van der Waals surface area contributed by atoms with Gasteiger partial charge < -0.3 is 20.3 Å². The van der Waals surface area contributed by atoms with E-state index >= 15 is 0 Å². The van der Waals surface area contributed by atoms with E-state index in [-0.39, 0.29) is 17.9 Å². The number of nitrogen functional groups attached to an aromatic ring is 1. The van der Waals surface area contributed by atoms with E-state index in [0.29, 0.717) is 17.1 Å². The molecule has 6 rings (SSSR count). The molecule has 3 aromatic carbocycles. The van der Waals surface area contributed by atoms with Crippen molar-refractivity contribution < 1.29 is 19.4 Å². The molecule has 36 heavy (non-hydrogen) atoms. The fraction of sp³-hybridized carbons (Fsp3) is 0.267. The van der Waals surface area contributed by atoms with Crippen LogP contribution in [0.1, 0.15) is 42.1 Å². The highest BCUT2D eigenvalue weighted by Gasteiger charge is 2.46. The number of anilines is 1. The number of aromatic nitrogens is 1. The first-order valence-corrected chi connectivity index (χ1v) is 12.4. The van der Waals surface area contributed by atoms with E-state index in [1.807, 2.05) is 42.5 Å². The van der Waals surface area contributed by atoms with E-state index in [4.69, 9.17) is 15.2 Å². The summed E-state index contributed by atoms with van der Waals surface area (Å²) in [6, 6.07) is 22.3. The molecule has 4 aromatic rings. The number of hydrogen-bond donors (Lipinski definition) is 2. The summed E-state index contributed by atoms with van der Waals surface area (Å²) in [5.41, 5.74) is 11.5. The fourth-order valence-corrected chi connectivity index (χ4v) is 5.96. The molecule has 1 aliphatic heterocycles. The molecule has 6 nitrogen and oxygen atoms in total. The average Bonchev–Trinajstić information content (AvgIpc) is 3.17. The minimum absolute atomic E-state index is 0.00558. The predicted octanol–water partition coefficient (Wildman–Crippen LogP) is 5.68. The number of carboxylic acids is 1. The highest BCUT2D eigenvalue weighted by atomic mass is 16.5. The van der Waals surface area contributed by atoms with Gasteiger partial charge in [-0.25, -0.2) is 4.98 Å². The van der Waals surface area contributed by atoms with E-state index < -0.39 is 5.97 Å². The Kier molecular flexibility index (Phi) is 5.61. The van der Waals surface area contributed by atoms with Gasteiger partial charge in [0.2, 0.25) is 0 Å². The largest absolute Gasteiger partial charge is 0.485 e. The van der Waals surface area contributed by atoms with Gasteiger partial charge in [0.05, 0.1) is 6.42 Å². The monoisotopic (exact) mass is 480 g/mol. The van der Waals surface area contributed by atoms with Gasteiger partial charge in [0, 0.05) is 35.8 Å². The minimum Gasteiger partial charge on any atom is -0.485 e. The van der Waals surface area contributed by atoms with Gasteiger partial charge in [-0.1, -0.05) is 48.5 Å². The lowest BCUT2D eigenvalue weighted by molar-refractivity contribution is -0.136. The minimum atomic E-state index is -0.870. The van der Waals surface area contributed by atoms with Crippen molar-refractivity contribution in [1.82, 2.24) is 4.98 Å². The Morgan fingerprint density at radius 1 is 1.06 bits per heavy atom. The van der Waals surface area contributed by atoms with Crippen LogP contribution in [-0.2, 0) is 21.4 Å². The zero-order valence-corrected chi connectivity index (χ0v) is 19.9. The van der Waals surface area contributed by atoms with Gasteiger partial charge in [-0.2, -0.15) is 0 Å². The normalized spacial score (nSPS) is 18.3. The molecule has 2 heterocycles. The topological polar surface area (TPSA) is 94.7 Å². The Hall–Kier alpha value is -3.90. The summed E-state index contributed by atoms with van der Waals surface area (Å²) < 4.78 is 12.3. The molecule has 3 N–H and O–H groups in total. The van der Waals surface area contributed by atoms with Crippen molar-refractivity contribution in [3.05, 3.63) is 89.6 Å². The van der Waals surface area contributed by atoms with Crippen molar-refractivity contribution in [3.8, 4) is 16.9 Å². The van der Waals surface area contributed by atoms with Gasteiger partial charge in [0.25, 0.3) is 0 Å². The highest BCUT2D eigenvalue weighted by molar-refractivity contribution is 6.01. The van der Waals surface area contributed by atoms with E-state index in [2.05, 4.69) is 29.2 Å². The molecule has 1 saturated heterocycles. The smallest absolute Gasteiger partial charge is 0.307 e. The first kappa shape index (κ1) is 22.6. The molecule has 0 bridgehead atoms. The fourth-order valence-electron chi connectivity index (χ4n) is 5.96. The molecule has 0 radical (unpaired) electrons. The lowest BCUT2D eigenvalue weighted by Crippen LogP contribution is -2.32. The number of carboxylic acid groups (broad SMARTS) is 1. The van der Waals surface area contributed by atoms with Gasteiger partial charge in [-0.15, -0.1) is 0 Å². The van der Waals surface area contributed by atoms with Gasteiger partial charge in [0.15, 0.2) is 0 Å². The Bertz CT molecular complexity index is 1460. The number of ether oxygens (including phenoxy) is 2. The van der Waals surface area contributed by atoms with Crippen LogP contribution in [0.5, 0.6) is 5.75 Å². The molecule has 1 aliphatic carbocycles. The number of carbonyl (C=O) groups is 1. The number of pyridine rings is 1. The van der Waals surface area contributed by atoms with Crippen LogP contribution in [-0.4, -0.2) is 29.3 Å². The number of fused-ring (bicyclic) bond motifs is 3. The highest BCUT2D eigenvalue weighted by Crippen LogP contribution is 2.53. The van der Waals surface area contributed by atoms with Crippen molar-refractivity contribution in [1.29, 1.82) is 0 Å². The quantitative estimate of drug-likeness (QED) is 0.381. The van der Waals surface area contributed by atoms with Gasteiger partial charge in [-0.3, -0.25) is 4.79 Å². The van der Waals surface area contributed by atoms with Gasteiger partial charge in [-0.05, 0) is 65.1 Å². The summed E-state index contributed by atoms with van der Waals surface area (Å²) in [5, 5.41) is 11.4. The van der Waals surface area contributed by atoms with Crippen molar-refractivity contribution >= 4 is 22.6 Å². The molecular weight excluding hydrogens is 452 g/mol.